The number of carbonyl (C=O) groups excluding carboxylic acids is 1. The first kappa shape index (κ1) is 12.8. The van der Waals surface area contributed by atoms with E-state index < -0.39 is 0 Å². The summed E-state index contributed by atoms with van der Waals surface area (Å²) in [5.41, 5.74) is 0.670. The van der Waals surface area contributed by atoms with Crippen LogP contribution in [0.25, 0.3) is 0 Å². The highest BCUT2D eigenvalue weighted by molar-refractivity contribution is 6.32. The van der Waals surface area contributed by atoms with Gasteiger partial charge in [0.2, 0.25) is 5.91 Å². The van der Waals surface area contributed by atoms with E-state index in [1.165, 1.54) is 0 Å². The number of para-hydroxylation sites is 1. The number of benzene rings is 1. The second kappa shape index (κ2) is 5.72. The van der Waals surface area contributed by atoms with Crippen LogP contribution in [-0.4, -0.2) is 24.1 Å². The highest BCUT2D eigenvalue weighted by Gasteiger charge is 2.11. The minimum Gasteiger partial charge on any atom is -0.506 e. The normalized spacial score (nSPS) is 12.2. The molecule has 0 bridgehead atoms. The van der Waals surface area contributed by atoms with Gasteiger partial charge in [-0.2, -0.15) is 0 Å². The lowest BCUT2D eigenvalue weighted by Gasteiger charge is -2.13. The van der Waals surface area contributed by atoms with Crippen molar-refractivity contribution in [1.82, 2.24) is 10.6 Å². The van der Waals surface area contributed by atoms with Crippen LogP contribution in [0.2, 0.25) is 5.02 Å². The molecule has 1 atom stereocenters. The number of rotatable bonds is 4. The number of phenols is 1. The van der Waals surface area contributed by atoms with Gasteiger partial charge in [0.15, 0.2) is 0 Å². The maximum atomic E-state index is 11.2. The van der Waals surface area contributed by atoms with Crippen LogP contribution >= 0.6 is 11.6 Å². The van der Waals surface area contributed by atoms with Crippen LogP contribution in [-0.2, 0) is 11.3 Å². The van der Waals surface area contributed by atoms with Gasteiger partial charge in [-0.25, -0.2) is 0 Å². The molecule has 0 spiro atoms. The fraction of sp³-hybridized carbons (Fsp3) is 0.364. The van der Waals surface area contributed by atoms with Gasteiger partial charge < -0.3 is 15.7 Å². The number of nitrogens with one attached hydrogen (secondary N) is 2. The number of hydrogen-bond acceptors (Lipinski definition) is 3. The third-order valence-corrected chi connectivity index (χ3v) is 2.61. The van der Waals surface area contributed by atoms with Gasteiger partial charge in [-0.05, 0) is 13.0 Å². The van der Waals surface area contributed by atoms with Crippen molar-refractivity contribution in [1.29, 1.82) is 0 Å². The minimum absolute atomic E-state index is 0.0563. The molecule has 0 aliphatic heterocycles. The van der Waals surface area contributed by atoms with E-state index in [1.54, 1.807) is 32.2 Å². The van der Waals surface area contributed by atoms with Crippen LogP contribution in [0.1, 0.15) is 12.5 Å². The van der Waals surface area contributed by atoms with E-state index in [0.717, 1.165) is 0 Å². The van der Waals surface area contributed by atoms with Crippen molar-refractivity contribution in [2.24, 2.45) is 0 Å². The van der Waals surface area contributed by atoms with Crippen molar-refractivity contribution in [2.45, 2.75) is 19.5 Å². The van der Waals surface area contributed by atoms with Crippen LogP contribution in [0.5, 0.6) is 5.75 Å². The van der Waals surface area contributed by atoms with Gasteiger partial charge in [-0.1, -0.05) is 23.7 Å². The summed E-state index contributed by atoms with van der Waals surface area (Å²) in [6.45, 7) is 2.14. The van der Waals surface area contributed by atoms with Crippen LogP contribution < -0.4 is 10.6 Å². The Hall–Kier alpha value is -1.26. The molecule has 1 rings (SSSR count). The molecule has 0 heterocycles. The zero-order valence-electron chi connectivity index (χ0n) is 9.25. The maximum Gasteiger partial charge on any atom is 0.236 e. The largest absolute Gasteiger partial charge is 0.506 e. The summed E-state index contributed by atoms with van der Waals surface area (Å²) < 4.78 is 0. The first-order chi connectivity index (χ1) is 7.56. The van der Waals surface area contributed by atoms with Crippen LogP contribution in [0.3, 0.4) is 0 Å². The summed E-state index contributed by atoms with van der Waals surface area (Å²) in [6, 6.07) is 4.81. The van der Waals surface area contributed by atoms with E-state index >= 15 is 0 Å². The highest BCUT2D eigenvalue weighted by Crippen LogP contribution is 2.26. The molecular weight excluding hydrogens is 228 g/mol. The molecule has 0 radical (unpaired) electrons. The predicted octanol–water partition coefficient (Wildman–Crippen LogP) is 1.27. The summed E-state index contributed by atoms with van der Waals surface area (Å²) >= 11 is 5.76. The maximum absolute atomic E-state index is 11.2. The zero-order valence-corrected chi connectivity index (χ0v) is 10.0. The van der Waals surface area contributed by atoms with Gasteiger partial charge in [-0.3, -0.25) is 4.79 Å². The molecule has 0 aliphatic rings. The minimum atomic E-state index is -0.316. The Bertz CT molecular complexity index is 382. The third kappa shape index (κ3) is 3.12. The Morgan fingerprint density at radius 1 is 1.56 bits per heavy atom. The second-order valence-corrected chi connectivity index (χ2v) is 3.87. The fourth-order valence-electron chi connectivity index (χ4n) is 1.27. The van der Waals surface area contributed by atoms with E-state index in [9.17, 15) is 9.90 Å². The average molecular weight is 243 g/mol. The van der Waals surface area contributed by atoms with Crippen molar-refractivity contribution in [3.05, 3.63) is 28.8 Å². The molecule has 0 aliphatic carbocycles. The lowest BCUT2D eigenvalue weighted by atomic mass is 10.2. The van der Waals surface area contributed by atoms with Crippen LogP contribution in [0, 0.1) is 0 Å². The molecule has 1 aromatic rings. The standard InChI is InChI=1S/C11H15ClN2O2/c1-7(11(16)13-2)14-6-8-4-3-5-9(12)10(8)15/h3-5,7,14-15H,6H2,1-2H3,(H,13,16). The number of phenolic OH excluding ortho intramolecular Hbond substituents is 1. The number of amides is 1. The average Bonchev–Trinajstić information content (AvgIpc) is 2.29. The van der Waals surface area contributed by atoms with Gasteiger partial charge in [0.05, 0.1) is 11.1 Å². The Morgan fingerprint density at radius 2 is 2.25 bits per heavy atom. The summed E-state index contributed by atoms with van der Waals surface area (Å²) in [5.74, 6) is -0.0395. The lowest BCUT2D eigenvalue weighted by molar-refractivity contribution is -0.122. The zero-order chi connectivity index (χ0) is 12.1. The van der Waals surface area contributed by atoms with Crippen molar-refractivity contribution < 1.29 is 9.90 Å². The van der Waals surface area contributed by atoms with Crippen molar-refractivity contribution in [3.63, 3.8) is 0 Å². The number of likely N-dealkylation sites (N-methyl/N-ethyl adjacent to an activating group) is 1. The van der Waals surface area contributed by atoms with Gasteiger partial charge in [-0.15, -0.1) is 0 Å². The number of aromatic hydroxyl groups is 1. The molecule has 0 saturated carbocycles. The fourth-order valence-corrected chi connectivity index (χ4v) is 1.47. The molecule has 1 aromatic carbocycles. The monoisotopic (exact) mass is 242 g/mol. The summed E-state index contributed by atoms with van der Waals surface area (Å²) in [7, 11) is 1.58. The van der Waals surface area contributed by atoms with E-state index in [1.807, 2.05) is 0 Å². The Kier molecular flexibility index (Phi) is 4.58. The molecule has 5 heteroatoms. The Morgan fingerprint density at radius 3 is 2.88 bits per heavy atom. The predicted molar refractivity (Wildman–Crippen MR) is 63.5 cm³/mol. The molecular formula is C11H15ClN2O2. The van der Waals surface area contributed by atoms with Gasteiger partial charge in [0.25, 0.3) is 0 Å². The molecule has 1 unspecified atom stereocenters. The molecule has 88 valence electrons. The quantitative estimate of drug-likeness (QED) is 0.745. The SMILES string of the molecule is CNC(=O)C(C)NCc1cccc(Cl)c1O. The van der Waals surface area contributed by atoms with Gasteiger partial charge in [0.1, 0.15) is 5.75 Å². The summed E-state index contributed by atoms with van der Waals surface area (Å²) in [5, 5.41) is 15.5. The Labute approximate surface area is 99.6 Å². The van der Waals surface area contributed by atoms with Crippen LogP contribution in [0.4, 0.5) is 0 Å². The smallest absolute Gasteiger partial charge is 0.236 e. The first-order valence-electron chi connectivity index (χ1n) is 4.97. The number of carbonyl (C=O) groups is 1. The highest BCUT2D eigenvalue weighted by atomic mass is 35.5. The molecule has 1 amide bonds. The van der Waals surface area contributed by atoms with Crippen molar-refractivity contribution in [3.8, 4) is 5.75 Å². The number of hydrogen-bond donors (Lipinski definition) is 3. The molecule has 0 fully saturated rings. The molecule has 4 nitrogen and oxygen atoms in total. The summed E-state index contributed by atoms with van der Waals surface area (Å²) in [4.78, 5) is 11.2. The molecule has 0 saturated heterocycles. The van der Waals surface area contributed by atoms with E-state index in [0.29, 0.717) is 17.1 Å². The molecule has 0 aromatic heterocycles. The first-order valence-corrected chi connectivity index (χ1v) is 5.35. The van der Waals surface area contributed by atoms with Crippen LogP contribution in [0.15, 0.2) is 18.2 Å². The van der Waals surface area contributed by atoms with E-state index in [4.69, 9.17) is 11.6 Å². The van der Waals surface area contributed by atoms with E-state index in [2.05, 4.69) is 10.6 Å². The number of halogens is 1. The summed E-state index contributed by atoms with van der Waals surface area (Å²) in [6.07, 6.45) is 0. The third-order valence-electron chi connectivity index (χ3n) is 2.31. The van der Waals surface area contributed by atoms with E-state index in [-0.39, 0.29) is 17.7 Å². The topological polar surface area (TPSA) is 61.4 Å². The molecule has 3 N–H and O–H groups in total. The van der Waals surface area contributed by atoms with Gasteiger partial charge in [0, 0.05) is 19.2 Å². The Balaban J connectivity index is 2.61. The molecule has 16 heavy (non-hydrogen) atoms. The lowest BCUT2D eigenvalue weighted by Crippen LogP contribution is -2.40. The van der Waals surface area contributed by atoms with Crippen molar-refractivity contribution >= 4 is 17.5 Å². The van der Waals surface area contributed by atoms with Gasteiger partial charge >= 0.3 is 0 Å². The second-order valence-electron chi connectivity index (χ2n) is 3.46. The van der Waals surface area contributed by atoms with Crippen molar-refractivity contribution in [2.75, 3.05) is 7.05 Å².